The minimum atomic E-state index is -0.173. The van der Waals surface area contributed by atoms with Gasteiger partial charge in [-0.3, -0.25) is 14.8 Å². The lowest BCUT2D eigenvalue weighted by Gasteiger charge is -2.17. The molecule has 5 nitrogen and oxygen atoms in total. The van der Waals surface area contributed by atoms with Crippen molar-refractivity contribution in [2.24, 2.45) is 0 Å². The van der Waals surface area contributed by atoms with E-state index in [-0.39, 0.29) is 5.91 Å². The average Bonchev–Trinajstić information content (AvgIpc) is 3.36. The van der Waals surface area contributed by atoms with E-state index in [0.717, 1.165) is 42.1 Å². The second kappa shape index (κ2) is 7.54. The summed E-state index contributed by atoms with van der Waals surface area (Å²) in [6, 6.07) is 19.6. The van der Waals surface area contributed by atoms with Crippen molar-refractivity contribution in [3.8, 4) is 11.3 Å². The Bertz CT molecular complexity index is 882. The van der Waals surface area contributed by atoms with Crippen molar-refractivity contribution in [2.45, 2.75) is 19.4 Å². The minimum Gasteiger partial charge on any atom is -0.320 e. The Morgan fingerprint density at radius 1 is 1.04 bits per heavy atom. The lowest BCUT2D eigenvalue weighted by molar-refractivity contribution is 0.102. The third kappa shape index (κ3) is 3.68. The number of amides is 1. The largest absolute Gasteiger partial charge is 0.320 e. The zero-order chi connectivity index (χ0) is 17.8. The molecule has 2 heterocycles. The molecule has 1 fully saturated rings. The second-order valence-corrected chi connectivity index (χ2v) is 6.63. The number of nitrogens with one attached hydrogen (secondary N) is 2. The standard InChI is InChI=1S/C21H22N4O/c26-21(20-14-19(23-24-20)16-8-2-1-3-9-16)22-18-11-5-4-10-17(18)15-25-12-6-7-13-25/h1-5,8-11,14H,6-7,12-13,15H2,(H,22,26)(H,23,24). The smallest absolute Gasteiger partial charge is 0.273 e. The molecular weight excluding hydrogens is 324 g/mol. The molecule has 1 saturated heterocycles. The minimum absolute atomic E-state index is 0.173. The first-order chi connectivity index (χ1) is 12.8. The van der Waals surface area contributed by atoms with Crippen LogP contribution in [0.3, 0.4) is 0 Å². The fourth-order valence-corrected chi connectivity index (χ4v) is 3.35. The van der Waals surface area contributed by atoms with Crippen molar-refractivity contribution >= 4 is 11.6 Å². The molecule has 0 unspecified atom stereocenters. The van der Waals surface area contributed by atoms with Crippen molar-refractivity contribution in [3.05, 3.63) is 71.9 Å². The van der Waals surface area contributed by atoms with Gasteiger partial charge in [0.15, 0.2) is 0 Å². The number of carbonyl (C=O) groups is 1. The molecule has 0 bridgehead atoms. The maximum absolute atomic E-state index is 12.7. The van der Waals surface area contributed by atoms with Crippen molar-refractivity contribution in [3.63, 3.8) is 0 Å². The second-order valence-electron chi connectivity index (χ2n) is 6.63. The van der Waals surface area contributed by atoms with Crippen molar-refractivity contribution < 1.29 is 4.79 Å². The van der Waals surface area contributed by atoms with Crippen molar-refractivity contribution in [1.29, 1.82) is 0 Å². The first kappa shape index (κ1) is 16.5. The molecule has 1 aliphatic heterocycles. The summed E-state index contributed by atoms with van der Waals surface area (Å²) in [7, 11) is 0. The molecule has 2 N–H and O–H groups in total. The highest BCUT2D eigenvalue weighted by Gasteiger charge is 2.16. The number of carbonyl (C=O) groups excluding carboxylic acids is 1. The van der Waals surface area contributed by atoms with E-state index in [4.69, 9.17) is 0 Å². The Labute approximate surface area is 153 Å². The number of hydrogen-bond donors (Lipinski definition) is 2. The third-order valence-corrected chi connectivity index (χ3v) is 4.75. The molecule has 0 spiro atoms. The van der Waals surface area contributed by atoms with Gasteiger partial charge in [-0.2, -0.15) is 5.10 Å². The predicted octanol–water partition coefficient (Wildman–Crippen LogP) is 3.92. The zero-order valence-electron chi connectivity index (χ0n) is 14.6. The molecule has 5 heteroatoms. The summed E-state index contributed by atoms with van der Waals surface area (Å²) in [6.45, 7) is 3.13. The van der Waals surface area contributed by atoms with Crippen LogP contribution in [0.5, 0.6) is 0 Å². The SMILES string of the molecule is O=C(Nc1ccccc1CN1CCCC1)c1cc(-c2ccccc2)n[nH]1. The van der Waals surface area contributed by atoms with Gasteiger partial charge in [0.2, 0.25) is 0 Å². The fraction of sp³-hybridized carbons (Fsp3) is 0.238. The molecule has 0 saturated carbocycles. The number of hydrogen-bond acceptors (Lipinski definition) is 3. The van der Waals surface area contributed by atoms with E-state index in [1.54, 1.807) is 6.07 Å². The normalized spacial score (nSPS) is 14.5. The van der Waals surface area contributed by atoms with Gasteiger partial charge in [0.05, 0.1) is 5.69 Å². The number of para-hydroxylation sites is 1. The quantitative estimate of drug-likeness (QED) is 0.736. The first-order valence-electron chi connectivity index (χ1n) is 9.02. The van der Waals surface area contributed by atoms with Gasteiger partial charge >= 0.3 is 0 Å². The Kier molecular flexibility index (Phi) is 4.80. The van der Waals surface area contributed by atoms with Crippen molar-refractivity contribution in [2.75, 3.05) is 18.4 Å². The molecule has 1 amide bonds. The molecule has 0 aliphatic carbocycles. The molecule has 1 aromatic heterocycles. The molecule has 0 radical (unpaired) electrons. The van der Waals surface area contributed by atoms with E-state index in [1.165, 1.54) is 12.8 Å². The van der Waals surface area contributed by atoms with Gasteiger partial charge in [-0.05, 0) is 43.6 Å². The van der Waals surface area contributed by atoms with Gasteiger partial charge in [0.25, 0.3) is 5.91 Å². The van der Waals surface area contributed by atoms with E-state index < -0.39 is 0 Å². The van der Waals surface area contributed by atoms with Crippen LogP contribution in [0.4, 0.5) is 5.69 Å². The van der Waals surface area contributed by atoms with E-state index in [1.807, 2.05) is 48.5 Å². The van der Waals surface area contributed by atoms with Crippen LogP contribution in [-0.2, 0) is 6.54 Å². The number of likely N-dealkylation sites (tertiary alicyclic amines) is 1. The van der Waals surface area contributed by atoms with Crippen molar-refractivity contribution in [1.82, 2.24) is 15.1 Å². The summed E-state index contributed by atoms with van der Waals surface area (Å²) in [5.74, 6) is -0.173. The summed E-state index contributed by atoms with van der Waals surface area (Å²) in [6.07, 6.45) is 2.51. The van der Waals surface area contributed by atoms with Gasteiger partial charge in [-0.25, -0.2) is 0 Å². The number of nitrogens with zero attached hydrogens (tertiary/aromatic N) is 2. The van der Waals surface area contributed by atoms with E-state index in [2.05, 4.69) is 26.5 Å². The fourth-order valence-electron chi connectivity index (χ4n) is 3.35. The monoisotopic (exact) mass is 346 g/mol. The first-order valence-corrected chi connectivity index (χ1v) is 9.02. The van der Waals surface area contributed by atoms with Gasteiger partial charge in [-0.1, -0.05) is 48.5 Å². The third-order valence-electron chi connectivity index (χ3n) is 4.75. The van der Waals surface area contributed by atoms with Crippen LogP contribution in [0, 0.1) is 0 Å². The summed E-state index contributed by atoms with van der Waals surface area (Å²) >= 11 is 0. The topological polar surface area (TPSA) is 61.0 Å². The molecular formula is C21H22N4O. The van der Waals surface area contributed by atoms with Gasteiger partial charge < -0.3 is 5.32 Å². The van der Waals surface area contributed by atoms with Gasteiger partial charge in [0, 0.05) is 17.8 Å². The molecule has 132 valence electrons. The highest BCUT2D eigenvalue weighted by atomic mass is 16.1. The van der Waals surface area contributed by atoms with Gasteiger partial charge in [0.1, 0.15) is 5.69 Å². The number of H-pyrrole nitrogens is 1. The average molecular weight is 346 g/mol. The molecule has 3 aromatic rings. The lowest BCUT2D eigenvalue weighted by atomic mass is 10.1. The van der Waals surface area contributed by atoms with Crippen LogP contribution in [0.25, 0.3) is 11.3 Å². The Morgan fingerprint density at radius 3 is 2.58 bits per heavy atom. The Balaban J connectivity index is 1.49. The molecule has 26 heavy (non-hydrogen) atoms. The summed E-state index contributed by atoms with van der Waals surface area (Å²) in [4.78, 5) is 15.1. The molecule has 4 rings (SSSR count). The van der Waals surface area contributed by atoms with E-state index in [0.29, 0.717) is 5.69 Å². The van der Waals surface area contributed by atoms with Crippen LogP contribution < -0.4 is 5.32 Å². The predicted molar refractivity (Wildman–Crippen MR) is 103 cm³/mol. The number of anilines is 1. The number of aromatic nitrogens is 2. The Morgan fingerprint density at radius 2 is 1.77 bits per heavy atom. The molecule has 1 aliphatic rings. The van der Waals surface area contributed by atoms with Crippen LogP contribution in [0.2, 0.25) is 0 Å². The van der Waals surface area contributed by atoms with E-state index in [9.17, 15) is 4.79 Å². The zero-order valence-corrected chi connectivity index (χ0v) is 14.6. The maximum Gasteiger partial charge on any atom is 0.273 e. The number of aromatic amines is 1. The Hall–Kier alpha value is -2.92. The lowest BCUT2D eigenvalue weighted by Crippen LogP contribution is -2.20. The van der Waals surface area contributed by atoms with Crippen LogP contribution in [0.1, 0.15) is 28.9 Å². The van der Waals surface area contributed by atoms with Gasteiger partial charge in [-0.15, -0.1) is 0 Å². The summed E-state index contributed by atoms with van der Waals surface area (Å²) in [5.41, 5.74) is 4.21. The highest BCUT2D eigenvalue weighted by Crippen LogP contribution is 2.21. The van der Waals surface area contributed by atoms with Crippen LogP contribution in [-0.4, -0.2) is 34.1 Å². The summed E-state index contributed by atoms with van der Waals surface area (Å²) < 4.78 is 0. The van der Waals surface area contributed by atoms with Crippen LogP contribution in [0.15, 0.2) is 60.7 Å². The number of rotatable bonds is 5. The maximum atomic E-state index is 12.7. The molecule has 2 aromatic carbocycles. The number of benzene rings is 2. The van der Waals surface area contributed by atoms with E-state index >= 15 is 0 Å². The summed E-state index contributed by atoms with van der Waals surface area (Å²) in [5, 5.41) is 10.1. The van der Waals surface area contributed by atoms with Crippen LogP contribution >= 0.6 is 0 Å². The highest BCUT2D eigenvalue weighted by molar-refractivity contribution is 6.03. The molecule has 0 atom stereocenters.